The second kappa shape index (κ2) is 9.46. The molecule has 6 nitrogen and oxygen atoms in total. The predicted octanol–water partition coefficient (Wildman–Crippen LogP) is 3.45. The van der Waals surface area contributed by atoms with E-state index < -0.39 is 0 Å². The summed E-state index contributed by atoms with van der Waals surface area (Å²) in [6.07, 6.45) is 1.89. The number of rotatable bonds is 7. The van der Waals surface area contributed by atoms with Crippen molar-refractivity contribution in [1.82, 2.24) is 14.5 Å². The molecule has 2 aromatic carbocycles. The van der Waals surface area contributed by atoms with Crippen LogP contribution in [0.5, 0.6) is 0 Å². The monoisotopic (exact) mass is 461 g/mol. The van der Waals surface area contributed by atoms with Gasteiger partial charge in [-0.2, -0.15) is 0 Å². The summed E-state index contributed by atoms with van der Waals surface area (Å²) in [6, 6.07) is 17.1. The van der Waals surface area contributed by atoms with Gasteiger partial charge in [0, 0.05) is 32.6 Å². The van der Waals surface area contributed by atoms with Crippen LogP contribution in [0.1, 0.15) is 39.1 Å². The van der Waals surface area contributed by atoms with Crippen LogP contribution in [-0.4, -0.2) is 65.6 Å². The average Bonchev–Trinajstić information content (AvgIpc) is 3.29. The van der Waals surface area contributed by atoms with Gasteiger partial charge in [-0.3, -0.25) is 4.90 Å². The van der Waals surface area contributed by atoms with Gasteiger partial charge >= 0.3 is 7.12 Å². The first-order valence-corrected chi connectivity index (χ1v) is 12.5. The molecule has 2 aliphatic rings. The number of nitrogens with zero attached hydrogens (tertiary/aromatic N) is 3. The number of aromatic nitrogens is 2. The van der Waals surface area contributed by atoms with E-state index in [2.05, 4.69) is 85.7 Å². The average molecular weight is 461 g/mol. The van der Waals surface area contributed by atoms with Gasteiger partial charge in [0.25, 0.3) is 0 Å². The normalized spacial score (nSPS) is 20.3. The van der Waals surface area contributed by atoms with Crippen molar-refractivity contribution < 1.29 is 14.0 Å². The summed E-state index contributed by atoms with van der Waals surface area (Å²) in [6.45, 7) is 13.9. The Morgan fingerprint density at radius 2 is 1.59 bits per heavy atom. The van der Waals surface area contributed by atoms with Crippen LogP contribution in [0.4, 0.5) is 0 Å². The number of hydrogen-bond acceptors (Lipinski definition) is 5. The van der Waals surface area contributed by atoms with Crippen molar-refractivity contribution in [1.29, 1.82) is 0 Å². The van der Waals surface area contributed by atoms with Crippen molar-refractivity contribution in [3.05, 3.63) is 59.9 Å². The number of hydrogen-bond donors (Lipinski definition) is 0. The fourth-order valence-electron chi connectivity index (χ4n) is 4.73. The smallest absolute Gasteiger partial charge is 0.399 e. The molecule has 0 saturated carbocycles. The van der Waals surface area contributed by atoms with E-state index in [0.29, 0.717) is 0 Å². The van der Waals surface area contributed by atoms with E-state index in [9.17, 15) is 0 Å². The Bertz CT molecular complexity index is 1110. The standard InChI is InChI=1S/C27H36BN3O3/c1-26(2)27(3,4)34-28(33-26)22-11-12-24-23(20-22)29-25(13-10-21-8-6-5-7-9-21)31(24)15-14-30-16-18-32-19-17-30/h5-9,11-12,20H,10,13-19H2,1-4H3. The third kappa shape index (κ3) is 4.80. The molecule has 2 saturated heterocycles. The van der Waals surface area contributed by atoms with E-state index in [-0.39, 0.29) is 18.3 Å². The van der Waals surface area contributed by atoms with Gasteiger partial charge in [-0.1, -0.05) is 36.4 Å². The summed E-state index contributed by atoms with van der Waals surface area (Å²) in [5.41, 5.74) is 3.84. The van der Waals surface area contributed by atoms with Crippen LogP contribution in [0.15, 0.2) is 48.5 Å². The fourth-order valence-corrected chi connectivity index (χ4v) is 4.73. The van der Waals surface area contributed by atoms with Gasteiger partial charge < -0.3 is 18.6 Å². The van der Waals surface area contributed by atoms with Crippen LogP contribution in [0.2, 0.25) is 0 Å². The highest BCUT2D eigenvalue weighted by Crippen LogP contribution is 2.36. The molecule has 0 radical (unpaired) electrons. The van der Waals surface area contributed by atoms with Gasteiger partial charge in [-0.05, 0) is 57.3 Å². The molecule has 1 aromatic heterocycles. The molecular weight excluding hydrogens is 425 g/mol. The van der Waals surface area contributed by atoms with E-state index in [4.69, 9.17) is 19.0 Å². The molecule has 5 rings (SSSR count). The highest BCUT2D eigenvalue weighted by Gasteiger charge is 2.51. The molecule has 3 heterocycles. The molecule has 0 aliphatic carbocycles. The topological polar surface area (TPSA) is 48.8 Å². The molecule has 0 spiro atoms. The Morgan fingerprint density at radius 3 is 2.29 bits per heavy atom. The predicted molar refractivity (Wildman–Crippen MR) is 137 cm³/mol. The lowest BCUT2D eigenvalue weighted by Gasteiger charge is -2.32. The zero-order chi connectivity index (χ0) is 23.8. The molecule has 2 aliphatic heterocycles. The summed E-state index contributed by atoms with van der Waals surface area (Å²) in [4.78, 5) is 7.59. The lowest BCUT2D eigenvalue weighted by Crippen LogP contribution is -2.41. The second-order valence-electron chi connectivity index (χ2n) is 10.5. The first-order valence-electron chi connectivity index (χ1n) is 12.5. The molecule has 3 aromatic rings. The largest absolute Gasteiger partial charge is 0.494 e. The van der Waals surface area contributed by atoms with Gasteiger partial charge in [0.2, 0.25) is 0 Å². The summed E-state index contributed by atoms with van der Waals surface area (Å²) in [5, 5.41) is 0. The maximum atomic E-state index is 6.29. The highest BCUT2D eigenvalue weighted by atomic mass is 16.7. The molecule has 0 amide bonds. The zero-order valence-corrected chi connectivity index (χ0v) is 20.9. The Morgan fingerprint density at radius 1 is 0.882 bits per heavy atom. The van der Waals surface area contributed by atoms with Gasteiger partial charge in [-0.25, -0.2) is 4.98 Å². The van der Waals surface area contributed by atoms with E-state index in [1.54, 1.807) is 0 Å². The first-order chi connectivity index (χ1) is 16.3. The SMILES string of the molecule is CC1(C)OB(c2ccc3c(c2)nc(CCc2ccccc2)n3CCN2CCOCC2)OC1(C)C. The summed E-state index contributed by atoms with van der Waals surface area (Å²) in [7, 11) is -0.374. The molecule has 0 atom stereocenters. The van der Waals surface area contributed by atoms with Crippen LogP contribution in [0, 0.1) is 0 Å². The van der Waals surface area contributed by atoms with Crippen molar-refractivity contribution in [2.45, 2.75) is 58.3 Å². The highest BCUT2D eigenvalue weighted by molar-refractivity contribution is 6.62. The molecule has 0 unspecified atom stereocenters. The number of benzene rings is 2. The van der Waals surface area contributed by atoms with Crippen LogP contribution < -0.4 is 5.46 Å². The van der Waals surface area contributed by atoms with Crippen molar-refractivity contribution in [3.8, 4) is 0 Å². The van der Waals surface area contributed by atoms with Gasteiger partial charge in [0.1, 0.15) is 5.82 Å². The Kier molecular flexibility index (Phi) is 6.55. The Balaban J connectivity index is 1.41. The number of morpholine rings is 1. The number of fused-ring (bicyclic) bond motifs is 1. The Hall–Kier alpha value is -2.19. The minimum Gasteiger partial charge on any atom is -0.399 e. The maximum Gasteiger partial charge on any atom is 0.494 e. The van der Waals surface area contributed by atoms with Crippen LogP contribution >= 0.6 is 0 Å². The molecule has 0 bridgehead atoms. The van der Waals surface area contributed by atoms with E-state index in [1.165, 1.54) is 11.1 Å². The lowest BCUT2D eigenvalue weighted by molar-refractivity contribution is 0.00578. The summed E-state index contributed by atoms with van der Waals surface area (Å²) < 4.78 is 20.5. The van der Waals surface area contributed by atoms with Crippen LogP contribution in [-0.2, 0) is 33.4 Å². The van der Waals surface area contributed by atoms with Crippen LogP contribution in [0.25, 0.3) is 11.0 Å². The second-order valence-corrected chi connectivity index (χ2v) is 10.5. The quantitative estimate of drug-likeness (QED) is 0.505. The number of ether oxygens (including phenoxy) is 1. The minimum atomic E-state index is -0.374. The van der Waals surface area contributed by atoms with E-state index in [0.717, 1.165) is 69.0 Å². The molecule has 34 heavy (non-hydrogen) atoms. The summed E-state index contributed by atoms with van der Waals surface area (Å²) in [5.74, 6) is 1.14. The lowest BCUT2D eigenvalue weighted by atomic mass is 9.79. The van der Waals surface area contributed by atoms with Crippen molar-refractivity contribution in [3.63, 3.8) is 0 Å². The van der Waals surface area contributed by atoms with Crippen molar-refractivity contribution >= 4 is 23.6 Å². The van der Waals surface area contributed by atoms with E-state index in [1.807, 2.05) is 0 Å². The maximum absolute atomic E-state index is 6.29. The minimum absolute atomic E-state index is 0.356. The first kappa shape index (κ1) is 23.6. The van der Waals surface area contributed by atoms with Crippen molar-refractivity contribution in [2.75, 3.05) is 32.8 Å². The summed E-state index contributed by atoms with van der Waals surface area (Å²) >= 11 is 0. The van der Waals surface area contributed by atoms with Gasteiger partial charge in [-0.15, -0.1) is 0 Å². The molecule has 0 N–H and O–H groups in total. The van der Waals surface area contributed by atoms with Crippen LogP contribution in [0.3, 0.4) is 0 Å². The molecule has 2 fully saturated rings. The number of aryl methyl sites for hydroxylation is 2. The molecular formula is C27H36BN3O3. The Labute approximate surface area is 203 Å². The third-order valence-corrected chi connectivity index (χ3v) is 7.60. The fraction of sp³-hybridized carbons (Fsp3) is 0.519. The van der Waals surface area contributed by atoms with E-state index >= 15 is 0 Å². The zero-order valence-electron chi connectivity index (χ0n) is 20.9. The molecule has 180 valence electrons. The molecule has 7 heteroatoms. The third-order valence-electron chi connectivity index (χ3n) is 7.60. The number of imidazole rings is 1. The van der Waals surface area contributed by atoms with Crippen molar-refractivity contribution in [2.24, 2.45) is 0 Å². The van der Waals surface area contributed by atoms with Gasteiger partial charge in [0.15, 0.2) is 0 Å². The van der Waals surface area contributed by atoms with Gasteiger partial charge in [0.05, 0.1) is 35.4 Å².